The van der Waals surface area contributed by atoms with Gasteiger partial charge in [-0.2, -0.15) is 0 Å². The summed E-state index contributed by atoms with van der Waals surface area (Å²) >= 11 is 0. The van der Waals surface area contributed by atoms with Crippen molar-refractivity contribution in [1.29, 1.82) is 0 Å². The molecule has 0 aliphatic rings. The normalized spacial score (nSPS) is 11.3. The molecule has 88 valence electrons. The second-order valence-electron chi connectivity index (χ2n) is 3.47. The highest BCUT2D eigenvalue weighted by Crippen LogP contribution is 2.22. The van der Waals surface area contributed by atoms with Crippen LogP contribution >= 0.6 is 0 Å². The average molecular weight is 249 g/mol. The monoisotopic (exact) mass is 249 g/mol. The lowest BCUT2D eigenvalue weighted by molar-refractivity contribution is 0.596. The van der Waals surface area contributed by atoms with Crippen LogP contribution in [0.3, 0.4) is 0 Å². The summed E-state index contributed by atoms with van der Waals surface area (Å²) in [7, 11) is -3.58. The van der Waals surface area contributed by atoms with Gasteiger partial charge in [0, 0.05) is 0 Å². The van der Waals surface area contributed by atoms with Crippen molar-refractivity contribution in [2.24, 2.45) is 0 Å². The molecule has 1 aromatic carbocycles. The minimum absolute atomic E-state index is 0.0497. The molecule has 0 aliphatic heterocycles. The third-order valence-corrected chi connectivity index (χ3v) is 3.95. The number of hydrogen-bond acceptors (Lipinski definition) is 5. The van der Waals surface area contributed by atoms with Gasteiger partial charge in [-0.15, -0.1) is 0 Å². The Hall–Kier alpha value is -2.08. The molecule has 6 heteroatoms. The summed E-state index contributed by atoms with van der Waals surface area (Å²) in [5, 5.41) is 0. The van der Waals surface area contributed by atoms with Crippen LogP contribution in [0, 0.1) is 0 Å². The zero-order valence-electron chi connectivity index (χ0n) is 8.87. The van der Waals surface area contributed by atoms with Gasteiger partial charge >= 0.3 is 0 Å². The number of hydrogen-bond donors (Lipinski definition) is 2. The Morgan fingerprint density at radius 3 is 1.94 bits per heavy atom. The van der Waals surface area contributed by atoms with Crippen molar-refractivity contribution in [2.45, 2.75) is 9.79 Å². The molecular weight excluding hydrogens is 238 g/mol. The molecule has 2 rings (SSSR count). The smallest absolute Gasteiger partial charge is 0.206 e. The Morgan fingerprint density at radius 2 is 1.41 bits per heavy atom. The summed E-state index contributed by atoms with van der Waals surface area (Å²) in [6.07, 6.45) is 0. The zero-order chi connectivity index (χ0) is 12.5. The SMILES string of the molecule is Nc1cc(S(=O)(=O)c2ccccc2)cc(N)n1. The molecule has 4 N–H and O–H groups in total. The van der Waals surface area contributed by atoms with Crippen LogP contribution in [0.5, 0.6) is 0 Å². The maximum Gasteiger partial charge on any atom is 0.206 e. The molecule has 0 saturated carbocycles. The maximum absolute atomic E-state index is 12.2. The number of nitrogen functional groups attached to an aromatic ring is 2. The van der Waals surface area contributed by atoms with Crippen molar-refractivity contribution in [3.05, 3.63) is 42.5 Å². The topological polar surface area (TPSA) is 99.1 Å². The van der Waals surface area contributed by atoms with Crippen molar-refractivity contribution < 1.29 is 8.42 Å². The number of aromatic nitrogens is 1. The van der Waals surface area contributed by atoms with Crippen LogP contribution in [-0.2, 0) is 9.84 Å². The Morgan fingerprint density at radius 1 is 0.882 bits per heavy atom. The van der Waals surface area contributed by atoms with Gasteiger partial charge in [-0.3, -0.25) is 0 Å². The highest BCUT2D eigenvalue weighted by atomic mass is 32.2. The van der Waals surface area contributed by atoms with E-state index in [2.05, 4.69) is 4.98 Å². The minimum atomic E-state index is -3.58. The van der Waals surface area contributed by atoms with Gasteiger partial charge in [0.15, 0.2) is 0 Å². The fourth-order valence-corrected chi connectivity index (χ4v) is 2.78. The van der Waals surface area contributed by atoms with Gasteiger partial charge < -0.3 is 11.5 Å². The summed E-state index contributed by atoms with van der Waals surface area (Å²) in [5.41, 5.74) is 11.0. The first-order valence-corrected chi connectivity index (χ1v) is 6.31. The standard InChI is InChI=1S/C11H11N3O2S/c12-10-6-9(7-11(13)14-10)17(15,16)8-4-2-1-3-5-8/h1-7H,(H4,12,13,14). The zero-order valence-corrected chi connectivity index (χ0v) is 9.68. The minimum Gasteiger partial charge on any atom is -0.384 e. The number of pyridine rings is 1. The third kappa shape index (κ3) is 2.21. The molecule has 0 bridgehead atoms. The van der Waals surface area contributed by atoms with Gasteiger partial charge in [-0.25, -0.2) is 13.4 Å². The van der Waals surface area contributed by atoms with E-state index in [1.165, 1.54) is 24.3 Å². The Labute approximate surface area is 99.0 Å². The summed E-state index contributed by atoms with van der Waals surface area (Å²) in [6, 6.07) is 10.7. The number of nitrogens with two attached hydrogens (primary N) is 2. The molecule has 0 atom stereocenters. The summed E-state index contributed by atoms with van der Waals surface area (Å²) in [4.78, 5) is 3.98. The Kier molecular flexibility index (Phi) is 2.72. The molecule has 0 fully saturated rings. The Bertz CT molecular complexity index is 619. The van der Waals surface area contributed by atoms with E-state index in [0.29, 0.717) is 0 Å². The number of anilines is 2. The van der Waals surface area contributed by atoms with Crippen LogP contribution in [-0.4, -0.2) is 13.4 Å². The molecule has 0 radical (unpaired) electrons. The summed E-state index contributed by atoms with van der Waals surface area (Å²) < 4.78 is 24.4. The van der Waals surface area contributed by atoms with Crippen molar-refractivity contribution in [3.63, 3.8) is 0 Å². The largest absolute Gasteiger partial charge is 0.384 e. The van der Waals surface area contributed by atoms with Crippen LogP contribution < -0.4 is 11.5 Å². The molecule has 5 nitrogen and oxygen atoms in total. The fraction of sp³-hybridized carbons (Fsp3) is 0. The van der Waals surface area contributed by atoms with Crippen LogP contribution in [0.2, 0.25) is 0 Å². The van der Waals surface area contributed by atoms with E-state index in [4.69, 9.17) is 11.5 Å². The number of sulfone groups is 1. The van der Waals surface area contributed by atoms with Crippen molar-refractivity contribution in [3.8, 4) is 0 Å². The first-order valence-electron chi connectivity index (χ1n) is 4.83. The van der Waals surface area contributed by atoms with Crippen LogP contribution in [0.4, 0.5) is 11.6 Å². The Balaban J connectivity index is 2.60. The first kappa shape index (κ1) is 11.4. The van der Waals surface area contributed by atoms with Gasteiger partial charge in [0.25, 0.3) is 0 Å². The fourth-order valence-electron chi connectivity index (χ4n) is 1.44. The lowest BCUT2D eigenvalue weighted by Crippen LogP contribution is -2.05. The summed E-state index contributed by atoms with van der Waals surface area (Å²) in [5.74, 6) is 0.166. The molecule has 0 aliphatic carbocycles. The number of nitrogens with zero attached hydrogens (tertiary/aromatic N) is 1. The molecule has 0 spiro atoms. The lowest BCUT2D eigenvalue weighted by Gasteiger charge is -2.05. The van der Waals surface area contributed by atoms with E-state index in [0.717, 1.165) is 0 Å². The molecule has 17 heavy (non-hydrogen) atoms. The third-order valence-electron chi connectivity index (χ3n) is 2.20. The van der Waals surface area contributed by atoms with Crippen molar-refractivity contribution in [2.75, 3.05) is 11.5 Å². The van der Waals surface area contributed by atoms with Gasteiger partial charge in [-0.05, 0) is 24.3 Å². The van der Waals surface area contributed by atoms with Crippen molar-refractivity contribution in [1.82, 2.24) is 4.98 Å². The molecule has 0 saturated heterocycles. The highest BCUT2D eigenvalue weighted by molar-refractivity contribution is 7.91. The number of rotatable bonds is 2. The molecular formula is C11H11N3O2S. The van der Waals surface area contributed by atoms with E-state index < -0.39 is 9.84 Å². The van der Waals surface area contributed by atoms with Gasteiger partial charge in [0.2, 0.25) is 9.84 Å². The number of benzene rings is 1. The maximum atomic E-state index is 12.2. The second-order valence-corrected chi connectivity index (χ2v) is 5.42. The van der Waals surface area contributed by atoms with Gasteiger partial charge in [-0.1, -0.05) is 18.2 Å². The molecule has 0 amide bonds. The second kappa shape index (κ2) is 4.06. The highest BCUT2D eigenvalue weighted by Gasteiger charge is 2.18. The van der Waals surface area contributed by atoms with E-state index >= 15 is 0 Å². The first-order chi connectivity index (χ1) is 8.00. The van der Waals surface area contributed by atoms with Crippen LogP contribution in [0.25, 0.3) is 0 Å². The quantitative estimate of drug-likeness (QED) is 0.829. The van der Waals surface area contributed by atoms with Crippen molar-refractivity contribution >= 4 is 21.5 Å². The predicted molar refractivity (Wildman–Crippen MR) is 65.0 cm³/mol. The summed E-state index contributed by atoms with van der Waals surface area (Å²) in [6.45, 7) is 0. The van der Waals surface area contributed by atoms with E-state index in [-0.39, 0.29) is 21.4 Å². The van der Waals surface area contributed by atoms with Crippen LogP contribution in [0.15, 0.2) is 52.3 Å². The van der Waals surface area contributed by atoms with E-state index in [9.17, 15) is 8.42 Å². The van der Waals surface area contributed by atoms with Gasteiger partial charge in [0.05, 0.1) is 9.79 Å². The van der Waals surface area contributed by atoms with E-state index in [1.54, 1.807) is 18.2 Å². The lowest BCUT2D eigenvalue weighted by atomic mass is 10.4. The predicted octanol–water partition coefficient (Wildman–Crippen LogP) is 1.08. The molecule has 1 aromatic heterocycles. The van der Waals surface area contributed by atoms with E-state index in [1.807, 2.05) is 0 Å². The molecule has 1 heterocycles. The molecule has 2 aromatic rings. The average Bonchev–Trinajstić information content (AvgIpc) is 2.29. The molecule has 0 unspecified atom stereocenters. The van der Waals surface area contributed by atoms with Crippen LogP contribution in [0.1, 0.15) is 0 Å². The van der Waals surface area contributed by atoms with Gasteiger partial charge in [0.1, 0.15) is 11.6 Å².